The van der Waals surface area contributed by atoms with Crippen molar-refractivity contribution in [3.63, 3.8) is 0 Å². The molecule has 0 amide bonds. The molecule has 0 spiro atoms. The molecule has 0 aliphatic rings. The van der Waals surface area contributed by atoms with Gasteiger partial charge in [-0.3, -0.25) is 0 Å². The lowest BCUT2D eigenvalue weighted by molar-refractivity contribution is 0.181. The third kappa shape index (κ3) is 2.88. The van der Waals surface area contributed by atoms with Gasteiger partial charge in [0.1, 0.15) is 17.2 Å². The lowest BCUT2D eigenvalue weighted by Gasteiger charge is -2.06. The summed E-state index contributed by atoms with van der Waals surface area (Å²) >= 11 is 8.14. The van der Waals surface area contributed by atoms with Gasteiger partial charge < -0.3 is 4.74 Å². The Labute approximate surface area is 117 Å². The minimum Gasteiger partial charge on any atom is -0.378 e. The lowest BCUT2D eigenvalue weighted by atomic mass is 10.3. The standard InChI is InChI=1S/C10H8ClIN4O/c1-17-4-7-8(12)9(11)16-10(15-7)6-2-3-13-5-14-6/h2-3,5H,4H2,1H3. The van der Waals surface area contributed by atoms with Crippen LogP contribution in [-0.4, -0.2) is 27.0 Å². The van der Waals surface area contributed by atoms with E-state index >= 15 is 0 Å². The lowest BCUT2D eigenvalue weighted by Crippen LogP contribution is -2.02. The van der Waals surface area contributed by atoms with Crippen molar-refractivity contribution in [2.75, 3.05) is 7.11 Å². The van der Waals surface area contributed by atoms with Crippen LogP contribution in [0.4, 0.5) is 0 Å². The Morgan fingerprint density at radius 3 is 2.88 bits per heavy atom. The van der Waals surface area contributed by atoms with Crippen LogP contribution in [0.25, 0.3) is 11.5 Å². The summed E-state index contributed by atoms with van der Waals surface area (Å²) in [6.45, 7) is 0.387. The monoisotopic (exact) mass is 362 g/mol. The summed E-state index contributed by atoms with van der Waals surface area (Å²) in [4.78, 5) is 16.5. The van der Waals surface area contributed by atoms with Crippen molar-refractivity contribution in [1.82, 2.24) is 19.9 Å². The van der Waals surface area contributed by atoms with Gasteiger partial charge in [0.15, 0.2) is 5.82 Å². The topological polar surface area (TPSA) is 60.8 Å². The zero-order valence-corrected chi connectivity index (χ0v) is 11.8. The summed E-state index contributed by atoms with van der Waals surface area (Å²) in [5.41, 5.74) is 1.39. The molecule has 0 saturated carbocycles. The van der Waals surface area contributed by atoms with E-state index in [1.165, 1.54) is 6.33 Å². The molecule has 17 heavy (non-hydrogen) atoms. The third-order valence-corrected chi connectivity index (χ3v) is 3.70. The quantitative estimate of drug-likeness (QED) is 0.619. The Bertz CT molecular complexity index is 523. The van der Waals surface area contributed by atoms with Gasteiger partial charge in [0.2, 0.25) is 0 Å². The van der Waals surface area contributed by atoms with E-state index in [2.05, 4.69) is 42.5 Å². The number of halogens is 2. The first kappa shape index (κ1) is 12.6. The van der Waals surface area contributed by atoms with Crippen molar-refractivity contribution < 1.29 is 4.74 Å². The van der Waals surface area contributed by atoms with Crippen LogP contribution in [0.1, 0.15) is 5.69 Å². The number of rotatable bonds is 3. The number of aromatic nitrogens is 4. The zero-order chi connectivity index (χ0) is 12.3. The Morgan fingerprint density at radius 2 is 2.24 bits per heavy atom. The maximum absolute atomic E-state index is 6.05. The van der Waals surface area contributed by atoms with Crippen molar-refractivity contribution >= 4 is 34.2 Å². The van der Waals surface area contributed by atoms with E-state index in [9.17, 15) is 0 Å². The summed E-state index contributed by atoms with van der Waals surface area (Å²) < 4.78 is 5.86. The van der Waals surface area contributed by atoms with E-state index in [4.69, 9.17) is 16.3 Å². The molecule has 0 aliphatic carbocycles. The predicted molar refractivity (Wildman–Crippen MR) is 71.5 cm³/mol. The molecule has 2 heterocycles. The van der Waals surface area contributed by atoms with Crippen LogP contribution < -0.4 is 0 Å². The number of methoxy groups -OCH3 is 1. The van der Waals surface area contributed by atoms with Crippen LogP contribution in [0.5, 0.6) is 0 Å². The Balaban J connectivity index is 2.49. The largest absolute Gasteiger partial charge is 0.378 e. The molecule has 0 aliphatic heterocycles. The highest BCUT2D eigenvalue weighted by Crippen LogP contribution is 2.23. The molecule has 0 bridgehead atoms. The Morgan fingerprint density at radius 1 is 1.41 bits per heavy atom. The first-order chi connectivity index (χ1) is 8.22. The maximum Gasteiger partial charge on any atom is 0.180 e. The van der Waals surface area contributed by atoms with Gasteiger partial charge in [-0.1, -0.05) is 11.6 Å². The van der Waals surface area contributed by atoms with Crippen LogP contribution in [0, 0.1) is 3.57 Å². The average molecular weight is 363 g/mol. The maximum atomic E-state index is 6.05. The molecule has 2 aromatic heterocycles. The van der Waals surface area contributed by atoms with Crippen molar-refractivity contribution in [3.05, 3.63) is 33.0 Å². The van der Waals surface area contributed by atoms with Crippen LogP contribution >= 0.6 is 34.2 Å². The average Bonchev–Trinajstić information content (AvgIpc) is 2.36. The Hall–Kier alpha value is -0.860. The number of nitrogens with zero attached hydrogens (tertiary/aromatic N) is 4. The predicted octanol–water partition coefficient (Wildman–Crippen LogP) is 2.34. The molecule has 2 aromatic rings. The van der Waals surface area contributed by atoms with Crippen molar-refractivity contribution in [2.45, 2.75) is 6.61 Å². The number of hydrogen-bond donors (Lipinski definition) is 0. The van der Waals surface area contributed by atoms with E-state index < -0.39 is 0 Å². The smallest absolute Gasteiger partial charge is 0.180 e. The molecule has 0 radical (unpaired) electrons. The molecule has 0 saturated heterocycles. The van der Waals surface area contributed by atoms with Gasteiger partial charge in [-0.25, -0.2) is 19.9 Å². The first-order valence-electron chi connectivity index (χ1n) is 4.69. The van der Waals surface area contributed by atoms with E-state index in [0.717, 1.165) is 9.26 Å². The minimum absolute atomic E-state index is 0.387. The molecule has 0 unspecified atom stereocenters. The van der Waals surface area contributed by atoms with Crippen molar-refractivity contribution in [3.8, 4) is 11.5 Å². The number of ether oxygens (including phenoxy) is 1. The molecule has 0 atom stereocenters. The fraction of sp³-hybridized carbons (Fsp3) is 0.200. The first-order valence-corrected chi connectivity index (χ1v) is 6.15. The number of hydrogen-bond acceptors (Lipinski definition) is 5. The van der Waals surface area contributed by atoms with Gasteiger partial charge in [0.25, 0.3) is 0 Å². The van der Waals surface area contributed by atoms with Gasteiger partial charge in [0.05, 0.1) is 15.9 Å². The van der Waals surface area contributed by atoms with E-state index in [-0.39, 0.29) is 0 Å². The highest BCUT2D eigenvalue weighted by atomic mass is 127. The molecule has 0 N–H and O–H groups in total. The third-order valence-electron chi connectivity index (χ3n) is 1.97. The zero-order valence-electron chi connectivity index (χ0n) is 8.89. The van der Waals surface area contributed by atoms with Crippen LogP contribution in [0.3, 0.4) is 0 Å². The van der Waals surface area contributed by atoms with Gasteiger partial charge >= 0.3 is 0 Å². The second-order valence-corrected chi connectivity index (χ2v) is 4.56. The molecule has 0 aromatic carbocycles. The molecular formula is C10H8ClIN4O. The highest BCUT2D eigenvalue weighted by molar-refractivity contribution is 14.1. The SMILES string of the molecule is COCc1nc(-c2ccncn2)nc(Cl)c1I. The van der Waals surface area contributed by atoms with Crippen molar-refractivity contribution in [2.24, 2.45) is 0 Å². The van der Waals surface area contributed by atoms with Gasteiger partial charge in [0, 0.05) is 13.3 Å². The summed E-state index contributed by atoms with van der Waals surface area (Å²) in [5.74, 6) is 0.477. The summed E-state index contributed by atoms with van der Waals surface area (Å²) in [6.07, 6.45) is 3.08. The molecule has 0 fully saturated rings. The molecule has 88 valence electrons. The molecular weight excluding hydrogens is 354 g/mol. The summed E-state index contributed by atoms with van der Waals surface area (Å²) in [6, 6.07) is 1.73. The fourth-order valence-corrected chi connectivity index (χ4v) is 1.82. The minimum atomic E-state index is 0.387. The van der Waals surface area contributed by atoms with E-state index in [1.807, 2.05) is 0 Å². The summed E-state index contributed by atoms with van der Waals surface area (Å²) in [7, 11) is 1.61. The van der Waals surface area contributed by atoms with E-state index in [1.54, 1.807) is 19.4 Å². The van der Waals surface area contributed by atoms with Gasteiger partial charge in [-0.15, -0.1) is 0 Å². The Kier molecular flexibility index (Phi) is 4.19. The van der Waals surface area contributed by atoms with Gasteiger partial charge in [-0.2, -0.15) is 0 Å². The highest BCUT2D eigenvalue weighted by Gasteiger charge is 2.12. The summed E-state index contributed by atoms with van der Waals surface area (Å²) in [5, 5.41) is 0.404. The van der Waals surface area contributed by atoms with Crippen LogP contribution in [0.2, 0.25) is 5.15 Å². The normalized spacial score (nSPS) is 10.5. The van der Waals surface area contributed by atoms with E-state index in [0.29, 0.717) is 23.3 Å². The molecule has 5 nitrogen and oxygen atoms in total. The second-order valence-electron chi connectivity index (χ2n) is 3.13. The molecule has 2 rings (SSSR count). The van der Waals surface area contributed by atoms with Crippen molar-refractivity contribution in [1.29, 1.82) is 0 Å². The second kappa shape index (κ2) is 5.65. The fourth-order valence-electron chi connectivity index (χ4n) is 1.23. The van der Waals surface area contributed by atoms with Crippen LogP contribution in [0.15, 0.2) is 18.6 Å². The van der Waals surface area contributed by atoms with Gasteiger partial charge in [-0.05, 0) is 28.7 Å². The molecule has 7 heteroatoms. The van der Waals surface area contributed by atoms with Crippen LogP contribution in [-0.2, 0) is 11.3 Å².